The molecule has 0 aromatic heterocycles. The average molecular weight is 776 g/mol. The van der Waals surface area contributed by atoms with E-state index >= 15 is 0 Å². The van der Waals surface area contributed by atoms with Gasteiger partial charge in [-0.25, -0.2) is 4.79 Å². The Morgan fingerprint density at radius 1 is 0.711 bits per heavy atom. The van der Waals surface area contributed by atoms with Crippen molar-refractivity contribution >= 4 is 29.8 Å². The Morgan fingerprint density at radius 2 is 1.09 bits per heavy atom. The van der Waals surface area contributed by atoms with Gasteiger partial charge in [-0.3, -0.25) is 24.4 Å². The van der Waals surface area contributed by atoms with Gasteiger partial charge >= 0.3 is 45.9 Å². The quantitative estimate of drug-likeness (QED) is 0.186. The number of hydrogen-bond donors (Lipinski definition) is 2. The van der Waals surface area contributed by atoms with E-state index in [0.717, 1.165) is 17.5 Å². The van der Waals surface area contributed by atoms with E-state index in [4.69, 9.17) is 0 Å². The van der Waals surface area contributed by atoms with Gasteiger partial charge in [0.25, 0.3) is 0 Å². The molecule has 1 amide bonds. The normalized spacial score (nSPS) is 17.7. The van der Waals surface area contributed by atoms with Crippen LogP contribution in [0.4, 0.5) is 0 Å². The van der Waals surface area contributed by atoms with E-state index < -0.39 is 61.4 Å². The molecule has 1 aromatic carbocycles. The third-order valence-electron chi connectivity index (χ3n) is 7.56. The van der Waals surface area contributed by atoms with E-state index in [2.05, 4.69) is 19.2 Å². The molecule has 2 atom stereocenters. The van der Waals surface area contributed by atoms with Gasteiger partial charge in [0.05, 0.1) is 23.8 Å². The zero-order chi connectivity index (χ0) is 32.8. The first-order valence-electron chi connectivity index (χ1n) is 14.8. The third kappa shape index (κ3) is 16.2. The molecule has 251 valence electrons. The summed E-state index contributed by atoms with van der Waals surface area (Å²) >= 11 is 0. The van der Waals surface area contributed by atoms with Crippen LogP contribution in [0.5, 0.6) is 0 Å². The van der Waals surface area contributed by atoms with Crippen molar-refractivity contribution in [3.05, 3.63) is 35.4 Å². The predicted molar refractivity (Wildman–Crippen MR) is 154 cm³/mol. The first-order chi connectivity index (χ1) is 20.7. The second-order valence-corrected chi connectivity index (χ2v) is 11.7. The maximum Gasteiger partial charge on any atom is 3.00 e. The molecule has 2 rings (SSSR count). The van der Waals surface area contributed by atoms with Crippen molar-refractivity contribution in [3.63, 3.8) is 0 Å². The number of hydrogen-bond acceptors (Lipinski definition) is 12. The molecule has 0 aliphatic carbocycles. The summed E-state index contributed by atoms with van der Waals surface area (Å²) in [5.41, 5.74) is 1.89. The number of amides is 1. The smallest absolute Gasteiger partial charge is 0.549 e. The number of benzene rings is 1. The summed E-state index contributed by atoms with van der Waals surface area (Å²) in [4.78, 5) is 65.8. The third-order valence-corrected chi connectivity index (χ3v) is 7.56. The van der Waals surface area contributed by atoms with Crippen LogP contribution in [-0.4, -0.2) is 139 Å². The molecule has 14 nitrogen and oxygen atoms in total. The van der Waals surface area contributed by atoms with Crippen molar-refractivity contribution in [1.29, 1.82) is 0 Å². The molecule has 1 aliphatic heterocycles. The summed E-state index contributed by atoms with van der Waals surface area (Å²) in [6.45, 7) is 5.97. The predicted octanol–water partition coefficient (Wildman–Crippen LogP) is -3.97. The molecular weight excluding hydrogens is 732 g/mol. The van der Waals surface area contributed by atoms with Crippen molar-refractivity contribution in [3.8, 4) is 0 Å². The zero-order valence-electron chi connectivity index (χ0n) is 26.1. The summed E-state index contributed by atoms with van der Waals surface area (Å²) < 4.78 is 0. The van der Waals surface area contributed by atoms with Crippen LogP contribution in [-0.2, 0) is 30.4 Å². The monoisotopic (exact) mass is 776 g/mol. The van der Waals surface area contributed by atoms with Crippen LogP contribution in [0.1, 0.15) is 37.8 Å². The molecule has 0 saturated carbocycles. The van der Waals surface area contributed by atoms with E-state index in [-0.39, 0.29) is 98.8 Å². The van der Waals surface area contributed by atoms with Gasteiger partial charge in [-0.1, -0.05) is 38.1 Å². The van der Waals surface area contributed by atoms with E-state index in [1.165, 1.54) is 4.90 Å². The Hall–Kier alpha value is -2.27. The topological polar surface area (TPSA) is 200 Å². The fraction of sp³-hybridized carbons (Fsp3) is 0.633. The molecule has 15 heteroatoms. The number of carbonyl (C=O) groups excluding carboxylic acids is 4. The molecule has 1 fully saturated rings. The fourth-order valence-corrected chi connectivity index (χ4v) is 5.09. The van der Waals surface area contributed by atoms with E-state index in [1.807, 2.05) is 24.3 Å². The second kappa shape index (κ2) is 20.8. The number of aliphatic carboxylic acids is 4. The summed E-state index contributed by atoms with van der Waals surface area (Å²) in [7, 11) is 0. The fourth-order valence-electron chi connectivity index (χ4n) is 5.09. The number of rotatable bonds is 14. The van der Waals surface area contributed by atoms with Crippen molar-refractivity contribution < 1.29 is 84.3 Å². The van der Waals surface area contributed by atoms with Crippen molar-refractivity contribution in [2.45, 2.75) is 39.2 Å². The molecule has 45 heavy (non-hydrogen) atoms. The van der Waals surface area contributed by atoms with Crippen molar-refractivity contribution in [2.75, 3.05) is 78.5 Å². The summed E-state index contributed by atoms with van der Waals surface area (Å²) in [5.74, 6) is -5.81. The van der Waals surface area contributed by atoms with Gasteiger partial charge in [0.15, 0.2) is 0 Å². The summed E-state index contributed by atoms with van der Waals surface area (Å²) in [6, 6.07) is 6.35. The van der Waals surface area contributed by atoms with Crippen LogP contribution < -0.4 is 20.6 Å². The zero-order valence-corrected chi connectivity index (χ0v) is 28.4. The molecule has 2 N–H and O–H groups in total. The Kier molecular flexibility index (Phi) is 18.8. The first-order valence-corrected chi connectivity index (χ1v) is 14.8. The van der Waals surface area contributed by atoms with Crippen molar-refractivity contribution in [1.82, 2.24) is 24.9 Å². The molecule has 1 heterocycles. The maximum atomic E-state index is 13.1. The van der Waals surface area contributed by atoms with Gasteiger partial charge in [-0.2, -0.15) is 0 Å². The van der Waals surface area contributed by atoms with Crippen LogP contribution >= 0.6 is 0 Å². The van der Waals surface area contributed by atoms with Gasteiger partial charge in [0.2, 0.25) is 5.91 Å². The number of nitrogens with zero attached hydrogens (tertiary/aromatic N) is 4. The molecule has 2 unspecified atom stereocenters. The van der Waals surface area contributed by atoms with Gasteiger partial charge in [-0.15, -0.1) is 0 Å². The van der Waals surface area contributed by atoms with Crippen LogP contribution in [0.25, 0.3) is 0 Å². The second-order valence-electron chi connectivity index (χ2n) is 11.7. The molecule has 0 bridgehead atoms. The number of carbonyl (C=O) groups is 5. The van der Waals surface area contributed by atoms with Crippen LogP contribution in [0.15, 0.2) is 24.3 Å². The summed E-state index contributed by atoms with van der Waals surface area (Å²) in [6.07, 6.45) is 0.899. The number of nitrogens with one attached hydrogen (secondary N) is 1. The van der Waals surface area contributed by atoms with Gasteiger partial charge in [0.1, 0.15) is 6.04 Å². The Labute approximate surface area is 296 Å². The van der Waals surface area contributed by atoms with Gasteiger partial charge < -0.3 is 40.1 Å². The van der Waals surface area contributed by atoms with E-state index in [0.29, 0.717) is 5.92 Å². The van der Waals surface area contributed by atoms with Gasteiger partial charge in [0, 0.05) is 78.5 Å². The van der Waals surface area contributed by atoms with E-state index in [9.17, 15) is 44.4 Å². The molecule has 1 saturated heterocycles. The maximum absolute atomic E-state index is 13.1. The Bertz CT molecular complexity index is 1090. The standard InChI is InChI=1S/C30H47N5O9.Gd/c1-21(2)16-23-4-6-24(7-5-23)22(3)29(42)31-25(30(43)44)17-32-8-10-33(18-26(36)37)12-14-35(20-28(40)41)15-13-34(11-9-32)19-27(38)39;/h4-7,21-22,25H,8-20H2,1-3H3,(H,31,42)(H,36,37)(H,38,39)(H,40,41)(H,43,44);/q;+3/p-3. The minimum Gasteiger partial charge on any atom is -0.549 e. The molecule has 1 aliphatic rings. The van der Waals surface area contributed by atoms with Crippen LogP contribution in [0, 0.1) is 45.9 Å². The van der Waals surface area contributed by atoms with Crippen LogP contribution in [0.3, 0.4) is 0 Å². The van der Waals surface area contributed by atoms with E-state index in [1.54, 1.807) is 21.6 Å². The minimum atomic E-state index is -1.32. The SMILES string of the molecule is CC(C)Cc1ccc(C(C)C(=O)NC(CN2CCN(CC(=O)[O-])CCN(CC(=O)[O-])CCN(CC(=O)[O-])CC2)C(=O)O)cc1.[Gd+3]. The van der Waals surface area contributed by atoms with Gasteiger partial charge in [-0.05, 0) is 30.4 Å². The number of carboxylic acids is 4. The first kappa shape index (κ1) is 40.8. The largest absolute Gasteiger partial charge is 3.00 e. The number of carboxylic acid groups (broad SMARTS) is 4. The Morgan fingerprint density at radius 3 is 1.42 bits per heavy atom. The molecule has 1 radical (unpaired) electrons. The molecular formula is C30H44GdN5O9. The minimum absolute atomic E-state index is 0. The molecule has 0 spiro atoms. The summed E-state index contributed by atoms with van der Waals surface area (Å²) in [5, 5.41) is 46.6. The average Bonchev–Trinajstić information content (AvgIpc) is 2.92. The Balaban J connectivity index is 0.0000101. The van der Waals surface area contributed by atoms with Crippen LogP contribution in [0.2, 0.25) is 0 Å². The van der Waals surface area contributed by atoms with Crippen molar-refractivity contribution in [2.24, 2.45) is 5.92 Å². The molecule has 1 aromatic rings.